The molecule has 0 fully saturated rings. The lowest BCUT2D eigenvalue weighted by Gasteiger charge is -2.04. The normalized spacial score (nSPS) is 21.9. The van der Waals surface area contributed by atoms with Gasteiger partial charge in [0.15, 0.2) is 0 Å². The van der Waals surface area contributed by atoms with E-state index in [4.69, 9.17) is 0 Å². The number of thiophene rings is 1. The van der Waals surface area contributed by atoms with Crippen LogP contribution in [0, 0.1) is 0 Å². The van der Waals surface area contributed by atoms with E-state index in [1.165, 1.54) is 15.6 Å². The maximum Gasteiger partial charge on any atom is 0.244 e. The van der Waals surface area contributed by atoms with E-state index in [9.17, 15) is 8.42 Å². The van der Waals surface area contributed by atoms with Crippen molar-refractivity contribution < 1.29 is 8.42 Å². The third kappa shape index (κ3) is 0.849. The van der Waals surface area contributed by atoms with Gasteiger partial charge in [0, 0.05) is 18.5 Å². The van der Waals surface area contributed by atoms with Crippen LogP contribution in [-0.4, -0.2) is 19.8 Å². The SMILES string of the molecule is CN1Cc2sccc2S1(=O)=O. The minimum Gasteiger partial charge on any atom is -0.207 e. The summed E-state index contributed by atoms with van der Waals surface area (Å²) in [7, 11) is -1.50. The molecule has 1 aromatic rings. The van der Waals surface area contributed by atoms with Gasteiger partial charge in [0.25, 0.3) is 0 Å². The van der Waals surface area contributed by atoms with Crippen LogP contribution in [-0.2, 0) is 16.6 Å². The van der Waals surface area contributed by atoms with E-state index in [1.807, 2.05) is 5.38 Å². The highest BCUT2D eigenvalue weighted by Crippen LogP contribution is 2.32. The van der Waals surface area contributed by atoms with Gasteiger partial charge in [-0.15, -0.1) is 11.3 Å². The number of rotatable bonds is 0. The molecule has 0 saturated heterocycles. The molecular weight excluding hydrogens is 182 g/mol. The molecular formula is C6H7NO2S2. The van der Waals surface area contributed by atoms with Crippen LogP contribution in [0.4, 0.5) is 0 Å². The van der Waals surface area contributed by atoms with Crippen LogP contribution in [0.3, 0.4) is 0 Å². The van der Waals surface area contributed by atoms with Gasteiger partial charge >= 0.3 is 0 Å². The maximum atomic E-state index is 11.4. The van der Waals surface area contributed by atoms with Crippen LogP contribution < -0.4 is 0 Å². The molecule has 60 valence electrons. The molecule has 0 unspecified atom stereocenters. The van der Waals surface area contributed by atoms with Crippen LogP contribution in [0.25, 0.3) is 0 Å². The molecule has 0 N–H and O–H groups in total. The summed E-state index contributed by atoms with van der Waals surface area (Å²) in [5.41, 5.74) is 0. The Morgan fingerprint density at radius 1 is 1.64 bits per heavy atom. The molecule has 11 heavy (non-hydrogen) atoms. The van der Waals surface area contributed by atoms with Crippen molar-refractivity contribution in [3.05, 3.63) is 16.3 Å². The quantitative estimate of drug-likeness (QED) is 0.607. The monoisotopic (exact) mass is 189 g/mol. The molecule has 3 nitrogen and oxygen atoms in total. The van der Waals surface area contributed by atoms with Gasteiger partial charge in [-0.3, -0.25) is 0 Å². The van der Waals surface area contributed by atoms with E-state index in [-0.39, 0.29) is 0 Å². The Balaban J connectivity index is 2.71. The van der Waals surface area contributed by atoms with Gasteiger partial charge in [-0.1, -0.05) is 0 Å². The van der Waals surface area contributed by atoms with Crippen molar-refractivity contribution >= 4 is 21.4 Å². The van der Waals surface area contributed by atoms with Crippen molar-refractivity contribution in [2.75, 3.05) is 7.05 Å². The molecule has 0 atom stereocenters. The molecule has 2 heterocycles. The molecule has 0 amide bonds. The Bertz CT molecular complexity index is 379. The predicted octanol–water partition coefficient (Wildman–Crippen LogP) is 0.882. The first-order valence-electron chi connectivity index (χ1n) is 3.15. The first-order valence-corrected chi connectivity index (χ1v) is 5.47. The molecule has 5 heteroatoms. The Hall–Kier alpha value is -0.390. The Kier molecular flexibility index (Phi) is 1.36. The third-order valence-electron chi connectivity index (χ3n) is 1.76. The minimum absolute atomic E-state index is 0.491. The largest absolute Gasteiger partial charge is 0.244 e. The number of hydrogen-bond acceptors (Lipinski definition) is 3. The fourth-order valence-corrected chi connectivity index (χ4v) is 3.81. The van der Waals surface area contributed by atoms with Crippen LogP contribution in [0.15, 0.2) is 16.3 Å². The standard InChI is InChI=1S/C6H7NO2S2/c1-7-4-5-6(2-3-10-5)11(7,8)9/h2-3H,4H2,1H3. The summed E-state index contributed by atoms with van der Waals surface area (Å²) in [5.74, 6) is 0. The Morgan fingerprint density at radius 3 is 3.00 bits per heavy atom. The van der Waals surface area contributed by atoms with E-state index < -0.39 is 10.0 Å². The lowest BCUT2D eigenvalue weighted by Crippen LogP contribution is -2.18. The number of sulfonamides is 1. The van der Waals surface area contributed by atoms with Gasteiger partial charge in [-0.05, 0) is 11.4 Å². The lowest BCUT2D eigenvalue weighted by atomic mass is 10.5. The zero-order chi connectivity index (χ0) is 8.06. The zero-order valence-electron chi connectivity index (χ0n) is 5.94. The zero-order valence-corrected chi connectivity index (χ0v) is 7.58. The van der Waals surface area contributed by atoms with Crippen LogP contribution in [0.1, 0.15) is 4.88 Å². The second-order valence-electron chi connectivity index (χ2n) is 2.47. The van der Waals surface area contributed by atoms with Gasteiger partial charge in [0.2, 0.25) is 10.0 Å². The summed E-state index contributed by atoms with van der Waals surface area (Å²) in [4.78, 5) is 1.44. The van der Waals surface area contributed by atoms with Crippen molar-refractivity contribution in [2.45, 2.75) is 11.4 Å². The van der Waals surface area contributed by atoms with Gasteiger partial charge in [0.1, 0.15) is 0 Å². The van der Waals surface area contributed by atoms with Crippen LogP contribution >= 0.6 is 11.3 Å². The van der Waals surface area contributed by atoms with Gasteiger partial charge in [-0.25, -0.2) is 8.42 Å². The molecule has 2 rings (SSSR count). The molecule has 0 aromatic carbocycles. The van der Waals surface area contributed by atoms with E-state index in [0.717, 1.165) is 4.88 Å². The first-order chi connectivity index (χ1) is 5.12. The van der Waals surface area contributed by atoms with Gasteiger partial charge in [-0.2, -0.15) is 4.31 Å². The summed E-state index contributed by atoms with van der Waals surface area (Å²) in [5, 5.41) is 1.81. The van der Waals surface area contributed by atoms with E-state index >= 15 is 0 Å². The summed E-state index contributed by atoms with van der Waals surface area (Å²) in [6.45, 7) is 0.537. The summed E-state index contributed by atoms with van der Waals surface area (Å²) >= 11 is 1.50. The van der Waals surface area contributed by atoms with Crippen molar-refractivity contribution in [3.8, 4) is 0 Å². The minimum atomic E-state index is -3.10. The molecule has 1 aromatic heterocycles. The molecule has 0 spiro atoms. The van der Waals surface area contributed by atoms with E-state index in [0.29, 0.717) is 11.4 Å². The molecule has 0 saturated carbocycles. The summed E-state index contributed by atoms with van der Waals surface area (Å²) < 4.78 is 24.1. The molecule has 0 bridgehead atoms. The van der Waals surface area contributed by atoms with Crippen molar-refractivity contribution in [1.82, 2.24) is 4.31 Å². The number of nitrogens with zero attached hydrogens (tertiary/aromatic N) is 1. The predicted molar refractivity (Wildman–Crippen MR) is 43.0 cm³/mol. The summed E-state index contributed by atoms with van der Waals surface area (Å²) in [6.07, 6.45) is 0. The average Bonchev–Trinajstić information content (AvgIpc) is 2.41. The first kappa shape index (κ1) is 7.27. The van der Waals surface area contributed by atoms with Crippen molar-refractivity contribution in [3.63, 3.8) is 0 Å². The average molecular weight is 189 g/mol. The molecule has 1 aliphatic rings. The van der Waals surface area contributed by atoms with Crippen LogP contribution in [0.5, 0.6) is 0 Å². The lowest BCUT2D eigenvalue weighted by molar-refractivity contribution is 0.490. The van der Waals surface area contributed by atoms with Crippen molar-refractivity contribution in [2.24, 2.45) is 0 Å². The molecule has 0 aliphatic carbocycles. The Morgan fingerprint density at radius 2 is 2.36 bits per heavy atom. The second kappa shape index (κ2) is 2.06. The topological polar surface area (TPSA) is 37.4 Å². The highest BCUT2D eigenvalue weighted by atomic mass is 32.2. The smallest absolute Gasteiger partial charge is 0.207 e. The number of fused-ring (bicyclic) bond motifs is 1. The van der Waals surface area contributed by atoms with Crippen molar-refractivity contribution in [1.29, 1.82) is 0 Å². The van der Waals surface area contributed by atoms with Gasteiger partial charge in [0.05, 0.1) is 4.90 Å². The fraction of sp³-hybridized carbons (Fsp3) is 0.333. The van der Waals surface area contributed by atoms with Crippen LogP contribution in [0.2, 0.25) is 0 Å². The van der Waals surface area contributed by atoms with E-state index in [1.54, 1.807) is 13.1 Å². The maximum absolute atomic E-state index is 11.4. The van der Waals surface area contributed by atoms with Gasteiger partial charge < -0.3 is 0 Å². The number of hydrogen-bond donors (Lipinski definition) is 0. The van der Waals surface area contributed by atoms with E-state index in [2.05, 4.69) is 0 Å². The fourth-order valence-electron chi connectivity index (χ4n) is 1.13. The molecule has 1 aliphatic heterocycles. The Labute approximate surface area is 69.3 Å². The summed E-state index contributed by atoms with van der Waals surface area (Å²) in [6, 6.07) is 1.67. The second-order valence-corrected chi connectivity index (χ2v) is 5.48. The highest BCUT2D eigenvalue weighted by molar-refractivity contribution is 7.89. The molecule has 0 radical (unpaired) electrons. The third-order valence-corrected chi connectivity index (χ3v) is 4.68. The highest BCUT2D eigenvalue weighted by Gasteiger charge is 2.32.